The Kier molecular flexibility index (Phi) is 4.64. The summed E-state index contributed by atoms with van der Waals surface area (Å²) >= 11 is 2.10. The minimum Gasteiger partial charge on any atom is -0.477 e. The number of carbonyl (C=O) groups excluding carboxylic acids is 1. The predicted molar refractivity (Wildman–Crippen MR) is 84.7 cm³/mol. The lowest BCUT2D eigenvalue weighted by atomic mass is 10.1. The standard InChI is InChI=1S/C14H11F3N2O4S2/c15-14(16,17)23-6-3-1-2-4-7(6)25-8-5-24-12-9(18)11(20)19(12)10(8)13(21)22/h1-4,9,12H,5,18H2,(H,21,22)/t9-,12+/m1/s1. The van der Waals surface area contributed by atoms with Gasteiger partial charge in [-0.3, -0.25) is 9.69 Å². The summed E-state index contributed by atoms with van der Waals surface area (Å²) in [6.07, 6.45) is -4.87. The maximum Gasteiger partial charge on any atom is 0.573 e. The molecule has 0 unspecified atom stereocenters. The highest BCUT2D eigenvalue weighted by Crippen LogP contribution is 2.46. The molecule has 2 atom stereocenters. The Bertz CT molecular complexity index is 769. The number of β-lactam (4-membered cyclic amide) rings is 1. The maximum atomic E-state index is 12.5. The van der Waals surface area contributed by atoms with Crippen LogP contribution in [0.15, 0.2) is 39.8 Å². The van der Waals surface area contributed by atoms with Crippen LogP contribution in [-0.2, 0) is 9.59 Å². The van der Waals surface area contributed by atoms with Gasteiger partial charge in [-0.05, 0) is 12.1 Å². The van der Waals surface area contributed by atoms with Crippen LogP contribution in [-0.4, -0.2) is 45.4 Å². The molecule has 134 valence electrons. The smallest absolute Gasteiger partial charge is 0.477 e. The van der Waals surface area contributed by atoms with Crippen LogP contribution < -0.4 is 10.5 Å². The third-order valence-electron chi connectivity index (χ3n) is 3.49. The number of nitrogens with zero attached hydrogens (tertiary/aromatic N) is 1. The minimum atomic E-state index is -4.87. The quantitative estimate of drug-likeness (QED) is 0.759. The van der Waals surface area contributed by atoms with Gasteiger partial charge in [0, 0.05) is 10.7 Å². The number of benzene rings is 1. The molecule has 6 nitrogen and oxygen atoms in total. The highest BCUT2D eigenvalue weighted by molar-refractivity contribution is 8.06. The number of hydrogen-bond acceptors (Lipinski definition) is 6. The molecule has 11 heteroatoms. The maximum absolute atomic E-state index is 12.5. The summed E-state index contributed by atoms with van der Waals surface area (Å²) in [5.74, 6) is -2.07. The Morgan fingerprint density at radius 1 is 1.40 bits per heavy atom. The summed E-state index contributed by atoms with van der Waals surface area (Å²) in [7, 11) is 0. The molecule has 3 rings (SSSR count). The molecule has 0 radical (unpaired) electrons. The second kappa shape index (κ2) is 6.46. The van der Waals surface area contributed by atoms with Gasteiger partial charge in [-0.1, -0.05) is 23.9 Å². The van der Waals surface area contributed by atoms with Crippen molar-refractivity contribution in [3.05, 3.63) is 34.9 Å². The van der Waals surface area contributed by atoms with Crippen LogP contribution >= 0.6 is 23.5 Å². The third kappa shape index (κ3) is 3.44. The normalized spacial score (nSPS) is 23.2. The number of carbonyl (C=O) groups is 2. The van der Waals surface area contributed by atoms with Crippen LogP contribution in [0.5, 0.6) is 5.75 Å². The number of carboxylic acids is 1. The van der Waals surface area contributed by atoms with E-state index in [1.54, 1.807) is 0 Å². The Morgan fingerprint density at radius 3 is 2.72 bits per heavy atom. The molecule has 2 aliphatic heterocycles. The molecule has 0 saturated carbocycles. The number of aliphatic carboxylic acids is 1. The van der Waals surface area contributed by atoms with Gasteiger partial charge in [0.25, 0.3) is 0 Å². The number of thioether (sulfide) groups is 2. The largest absolute Gasteiger partial charge is 0.573 e. The lowest BCUT2D eigenvalue weighted by molar-refractivity contribution is -0.275. The Morgan fingerprint density at radius 2 is 2.08 bits per heavy atom. The van der Waals surface area contributed by atoms with Crippen molar-refractivity contribution in [1.29, 1.82) is 0 Å². The predicted octanol–water partition coefficient (Wildman–Crippen LogP) is 2.22. The fourth-order valence-electron chi connectivity index (χ4n) is 2.44. The van der Waals surface area contributed by atoms with Gasteiger partial charge in [0.1, 0.15) is 22.9 Å². The number of amides is 1. The van der Waals surface area contributed by atoms with Crippen molar-refractivity contribution in [3.63, 3.8) is 0 Å². The van der Waals surface area contributed by atoms with E-state index in [4.69, 9.17) is 5.73 Å². The summed E-state index contributed by atoms with van der Waals surface area (Å²) in [6, 6.07) is 4.64. The zero-order valence-electron chi connectivity index (χ0n) is 12.3. The van der Waals surface area contributed by atoms with E-state index in [0.29, 0.717) is 0 Å². The van der Waals surface area contributed by atoms with Crippen LogP contribution in [0, 0.1) is 0 Å². The van der Waals surface area contributed by atoms with Gasteiger partial charge >= 0.3 is 12.3 Å². The number of fused-ring (bicyclic) bond motifs is 1. The Hall–Kier alpha value is -1.85. The highest BCUT2D eigenvalue weighted by Gasteiger charge is 2.52. The molecular formula is C14H11F3N2O4S2. The van der Waals surface area contributed by atoms with Crippen LogP contribution in [0.3, 0.4) is 0 Å². The molecule has 1 aromatic rings. The average molecular weight is 392 g/mol. The van der Waals surface area contributed by atoms with Gasteiger partial charge in [0.05, 0.1) is 4.90 Å². The van der Waals surface area contributed by atoms with Crippen LogP contribution in [0.25, 0.3) is 0 Å². The summed E-state index contributed by atoms with van der Waals surface area (Å²) in [6.45, 7) is 0. The number of para-hydroxylation sites is 1. The van der Waals surface area contributed by atoms with Crippen molar-refractivity contribution >= 4 is 35.4 Å². The number of alkyl halides is 3. The summed E-state index contributed by atoms with van der Waals surface area (Å²) in [4.78, 5) is 24.9. The first kappa shape index (κ1) is 18.0. The SMILES string of the molecule is N[C@@H]1C(=O)N2C(C(=O)O)=C(Sc3ccccc3OC(F)(F)F)CS[C@@H]12. The third-order valence-corrected chi connectivity index (χ3v) is 6.11. The van der Waals surface area contributed by atoms with Crippen LogP contribution in [0.1, 0.15) is 0 Å². The fraction of sp³-hybridized carbons (Fsp3) is 0.286. The number of carboxylic acid groups (broad SMARTS) is 1. The second-order valence-electron chi connectivity index (χ2n) is 5.11. The number of nitrogens with two attached hydrogens (primary N) is 1. The summed E-state index contributed by atoms with van der Waals surface area (Å²) in [5, 5.41) is 8.97. The first-order valence-electron chi connectivity index (χ1n) is 6.88. The topological polar surface area (TPSA) is 92.9 Å². The van der Waals surface area contributed by atoms with E-state index in [1.807, 2.05) is 0 Å². The zero-order valence-corrected chi connectivity index (χ0v) is 14.0. The van der Waals surface area contributed by atoms with E-state index in [1.165, 1.54) is 30.0 Å². The van der Waals surface area contributed by atoms with E-state index < -0.39 is 35.4 Å². The van der Waals surface area contributed by atoms with E-state index in [9.17, 15) is 27.9 Å². The first-order chi connectivity index (χ1) is 11.7. The molecule has 0 aliphatic carbocycles. The van der Waals surface area contributed by atoms with Crippen molar-refractivity contribution in [2.75, 3.05) is 5.75 Å². The van der Waals surface area contributed by atoms with Crippen LogP contribution in [0.4, 0.5) is 13.2 Å². The molecule has 25 heavy (non-hydrogen) atoms. The van der Waals surface area contributed by atoms with Gasteiger partial charge < -0.3 is 15.6 Å². The van der Waals surface area contributed by atoms with E-state index >= 15 is 0 Å². The van der Waals surface area contributed by atoms with Crippen molar-refractivity contribution in [2.24, 2.45) is 5.73 Å². The molecule has 1 aromatic carbocycles. The van der Waals surface area contributed by atoms with Gasteiger partial charge in [0.2, 0.25) is 5.91 Å². The second-order valence-corrected chi connectivity index (χ2v) is 7.35. The first-order valence-corrected chi connectivity index (χ1v) is 8.75. The molecule has 0 aromatic heterocycles. The van der Waals surface area contributed by atoms with Crippen molar-refractivity contribution in [3.8, 4) is 5.75 Å². The van der Waals surface area contributed by atoms with Gasteiger partial charge in [-0.2, -0.15) is 0 Å². The Labute approximate surface area is 148 Å². The molecular weight excluding hydrogens is 381 g/mol. The Balaban J connectivity index is 1.94. The van der Waals surface area contributed by atoms with E-state index in [0.717, 1.165) is 22.7 Å². The lowest BCUT2D eigenvalue weighted by Gasteiger charge is -2.47. The molecule has 3 N–H and O–H groups in total. The number of ether oxygens (including phenoxy) is 1. The molecule has 1 fully saturated rings. The summed E-state index contributed by atoms with van der Waals surface area (Å²) in [5.41, 5.74) is 5.40. The van der Waals surface area contributed by atoms with E-state index in [-0.39, 0.29) is 21.3 Å². The van der Waals surface area contributed by atoms with E-state index in [2.05, 4.69) is 4.74 Å². The van der Waals surface area contributed by atoms with Gasteiger partial charge in [-0.15, -0.1) is 24.9 Å². The molecule has 2 aliphatic rings. The molecule has 0 bridgehead atoms. The van der Waals surface area contributed by atoms with Crippen molar-refractivity contribution in [1.82, 2.24) is 4.90 Å². The molecule has 2 heterocycles. The monoisotopic (exact) mass is 392 g/mol. The average Bonchev–Trinajstić information content (AvgIpc) is 2.53. The van der Waals surface area contributed by atoms with Gasteiger partial charge in [0.15, 0.2) is 0 Å². The zero-order chi connectivity index (χ0) is 18.4. The van der Waals surface area contributed by atoms with Crippen LogP contribution in [0.2, 0.25) is 0 Å². The molecule has 0 spiro atoms. The number of hydrogen-bond donors (Lipinski definition) is 2. The lowest BCUT2D eigenvalue weighted by Crippen LogP contribution is -2.68. The van der Waals surface area contributed by atoms with Crippen molar-refractivity contribution in [2.45, 2.75) is 22.7 Å². The fourth-order valence-corrected chi connectivity index (χ4v) is 4.93. The number of halogens is 3. The highest BCUT2D eigenvalue weighted by atomic mass is 32.2. The molecule has 1 amide bonds. The van der Waals surface area contributed by atoms with Crippen molar-refractivity contribution < 1.29 is 32.6 Å². The number of rotatable bonds is 4. The molecule has 1 saturated heterocycles. The van der Waals surface area contributed by atoms with Gasteiger partial charge in [-0.25, -0.2) is 4.79 Å². The minimum absolute atomic E-state index is 0.102. The summed E-state index contributed by atoms with van der Waals surface area (Å²) < 4.78 is 41.5.